The highest BCUT2D eigenvalue weighted by Crippen LogP contribution is 2.34. The minimum atomic E-state index is -0.660. The summed E-state index contributed by atoms with van der Waals surface area (Å²) in [5.41, 5.74) is -0.525. The second kappa shape index (κ2) is 4.10. The van der Waals surface area contributed by atoms with E-state index in [0.717, 1.165) is 0 Å². The third-order valence-corrected chi connectivity index (χ3v) is 2.51. The summed E-state index contributed by atoms with van der Waals surface area (Å²) in [5, 5.41) is 30.8. The first-order valence-corrected chi connectivity index (χ1v) is 4.81. The van der Waals surface area contributed by atoms with Crippen molar-refractivity contribution in [1.29, 1.82) is 5.26 Å². The number of nitro groups is 2. The Balaban J connectivity index is 3.01. The molecule has 0 aliphatic rings. The van der Waals surface area contributed by atoms with Crippen molar-refractivity contribution in [2.45, 2.75) is 0 Å². The number of nitrogens with zero attached hydrogens (tertiary/aromatic N) is 3. The fourth-order valence-electron chi connectivity index (χ4n) is 1.78. The van der Waals surface area contributed by atoms with Gasteiger partial charge in [0.1, 0.15) is 6.07 Å². The normalized spacial score (nSPS) is 9.94. The molecule has 0 N–H and O–H groups in total. The Kier molecular flexibility index (Phi) is 2.61. The lowest BCUT2D eigenvalue weighted by atomic mass is 10.0. The van der Waals surface area contributed by atoms with E-state index in [-0.39, 0.29) is 27.7 Å². The van der Waals surface area contributed by atoms with Crippen LogP contribution in [0.1, 0.15) is 5.56 Å². The van der Waals surface area contributed by atoms with Crippen LogP contribution in [0.25, 0.3) is 10.8 Å². The minimum Gasteiger partial charge on any atom is -0.258 e. The first-order valence-electron chi connectivity index (χ1n) is 4.81. The van der Waals surface area contributed by atoms with E-state index in [4.69, 9.17) is 5.26 Å². The van der Waals surface area contributed by atoms with Crippen molar-refractivity contribution in [3.63, 3.8) is 0 Å². The van der Waals surface area contributed by atoms with Crippen LogP contribution in [0.15, 0.2) is 30.3 Å². The van der Waals surface area contributed by atoms with Gasteiger partial charge >= 0.3 is 0 Å². The van der Waals surface area contributed by atoms with Crippen molar-refractivity contribution < 1.29 is 9.85 Å². The van der Waals surface area contributed by atoms with Gasteiger partial charge in [-0.05, 0) is 12.1 Å². The van der Waals surface area contributed by atoms with Crippen LogP contribution in [-0.2, 0) is 0 Å². The maximum absolute atomic E-state index is 10.9. The van der Waals surface area contributed by atoms with E-state index in [1.807, 2.05) is 0 Å². The molecule has 0 heterocycles. The van der Waals surface area contributed by atoms with E-state index in [0.29, 0.717) is 0 Å². The number of benzene rings is 2. The zero-order valence-corrected chi connectivity index (χ0v) is 8.86. The lowest BCUT2D eigenvalue weighted by Crippen LogP contribution is -1.95. The maximum Gasteiger partial charge on any atom is 0.278 e. The maximum atomic E-state index is 10.9. The van der Waals surface area contributed by atoms with E-state index in [2.05, 4.69) is 0 Å². The van der Waals surface area contributed by atoms with Crippen molar-refractivity contribution in [3.8, 4) is 6.07 Å². The molecule has 0 fully saturated rings. The Morgan fingerprint density at radius 3 is 2.22 bits per heavy atom. The van der Waals surface area contributed by atoms with Crippen LogP contribution in [-0.4, -0.2) is 9.85 Å². The summed E-state index contributed by atoms with van der Waals surface area (Å²) < 4.78 is 0. The summed E-state index contributed by atoms with van der Waals surface area (Å²) in [6, 6.07) is 8.15. The fourth-order valence-corrected chi connectivity index (χ4v) is 1.78. The van der Waals surface area contributed by atoms with Crippen LogP contribution in [0, 0.1) is 31.6 Å². The molecule has 0 aliphatic carbocycles. The van der Waals surface area contributed by atoms with Gasteiger partial charge in [0.05, 0.1) is 26.2 Å². The largest absolute Gasteiger partial charge is 0.278 e. The average molecular weight is 243 g/mol. The molecule has 0 amide bonds. The summed E-state index contributed by atoms with van der Waals surface area (Å²) in [6.45, 7) is 0. The lowest BCUT2D eigenvalue weighted by Gasteiger charge is -2.02. The van der Waals surface area contributed by atoms with Crippen molar-refractivity contribution >= 4 is 22.1 Å². The number of hydrogen-bond donors (Lipinski definition) is 0. The Hall–Kier alpha value is -3.01. The van der Waals surface area contributed by atoms with Crippen LogP contribution >= 0.6 is 0 Å². The molecule has 0 unspecified atom stereocenters. The fraction of sp³-hybridized carbons (Fsp3) is 0. The number of nitro benzene ring substituents is 2. The van der Waals surface area contributed by atoms with Gasteiger partial charge < -0.3 is 0 Å². The summed E-state index contributed by atoms with van der Waals surface area (Å²) in [5.74, 6) is 0. The van der Waals surface area contributed by atoms with Crippen molar-refractivity contribution in [3.05, 3.63) is 56.1 Å². The monoisotopic (exact) mass is 243 g/mol. The van der Waals surface area contributed by atoms with Gasteiger partial charge in [0.15, 0.2) is 0 Å². The van der Waals surface area contributed by atoms with Crippen molar-refractivity contribution in [2.24, 2.45) is 0 Å². The van der Waals surface area contributed by atoms with Gasteiger partial charge in [-0.15, -0.1) is 0 Å². The summed E-state index contributed by atoms with van der Waals surface area (Å²) in [6.07, 6.45) is 0. The van der Waals surface area contributed by atoms with Crippen LogP contribution < -0.4 is 0 Å². The molecule has 0 saturated heterocycles. The van der Waals surface area contributed by atoms with Crippen LogP contribution in [0.3, 0.4) is 0 Å². The predicted molar refractivity (Wildman–Crippen MR) is 62.0 cm³/mol. The molecule has 7 nitrogen and oxygen atoms in total. The van der Waals surface area contributed by atoms with Gasteiger partial charge in [-0.1, -0.05) is 6.07 Å². The number of hydrogen-bond acceptors (Lipinski definition) is 5. The molecule has 0 bridgehead atoms. The second-order valence-corrected chi connectivity index (χ2v) is 3.46. The molecule has 0 radical (unpaired) electrons. The third-order valence-electron chi connectivity index (χ3n) is 2.51. The molecular formula is C11H5N3O4. The van der Waals surface area contributed by atoms with E-state index in [9.17, 15) is 20.2 Å². The van der Waals surface area contributed by atoms with Gasteiger partial charge in [-0.25, -0.2) is 0 Å². The number of fused-ring (bicyclic) bond motifs is 1. The molecule has 2 aromatic carbocycles. The quantitative estimate of drug-likeness (QED) is 0.594. The van der Waals surface area contributed by atoms with Gasteiger partial charge in [-0.2, -0.15) is 5.26 Å². The number of nitriles is 1. The second-order valence-electron chi connectivity index (χ2n) is 3.46. The van der Waals surface area contributed by atoms with Gasteiger partial charge in [-0.3, -0.25) is 20.2 Å². The summed E-state index contributed by atoms with van der Waals surface area (Å²) in [4.78, 5) is 20.4. The summed E-state index contributed by atoms with van der Waals surface area (Å²) >= 11 is 0. The topological polar surface area (TPSA) is 110 Å². The molecule has 88 valence electrons. The highest BCUT2D eigenvalue weighted by atomic mass is 16.6. The van der Waals surface area contributed by atoms with Crippen LogP contribution in [0.5, 0.6) is 0 Å². The zero-order valence-electron chi connectivity index (χ0n) is 8.86. The first-order chi connectivity index (χ1) is 8.56. The van der Waals surface area contributed by atoms with E-state index < -0.39 is 9.85 Å². The molecule has 2 rings (SSSR count). The zero-order chi connectivity index (χ0) is 13.3. The molecule has 2 aromatic rings. The SMILES string of the molecule is N#Cc1ccc([N+](=O)[O-])c2cccc([N+](=O)[O-])c12. The highest BCUT2D eigenvalue weighted by molar-refractivity contribution is 6.00. The van der Waals surface area contributed by atoms with E-state index in [1.165, 1.54) is 30.3 Å². The van der Waals surface area contributed by atoms with Gasteiger partial charge in [0.2, 0.25) is 0 Å². The minimum absolute atomic E-state index is 0.000741. The third kappa shape index (κ3) is 1.62. The van der Waals surface area contributed by atoms with E-state index >= 15 is 0 Å². The van der Waals surface area contributed by atoms with Crippen molar-refractivity contribution in [2.75, 3.05) is 0 Å². The van der Waals surface area contributed by atoms with Crippen LogP contribution in [0.2, 0.25) is 0 Å². The number of rotatable bonds is 2. The van der Waals surface area contributed by atoms with Gasteiger partial charge in [0, 0.05) is 12.1 Å². The summed E-state index contributed by atoms with van der Waals surface area (Å²) in [7, 11) is 0. The Labute approximate surface area is 100 Å². The molecule has 18 heavy (non-hydrogen) atoms. The van der Waals surface area contributed by atoms with Crippen molar-refractivity contribution in [1.82, 2.24) is 0 Å². The smallest absolute Gasteiger partial charge is 0.258 e. The molecule has 0 atom stereocenters. The molecule has 0 aromatic heterocycles. The molecule has 0 aliphatic heterocycles. The number of non-ortho nitro benzene ring substituents is 2. The Morgan fingerprint density at radius 2 is 1.67 bits per heavy atom. The predicted octanol–water partition coefficient (Wildman–Crippen LogP) is 2.53. The van der Waals surface area contributed by atoms with E-state index in [1.54, 1.807) is 6.07 Å². The van der Waals surface area contributed by atoms with Crippen LogP contribution in [0.4, 0.5) is 11.4 Å². The Morgan fingerprint density at radius 1 is 1.00 bits per heavy atom. The molecule has 0 spiro atoms. The Bertz CT molecular complexity index is 718. The highest BCUT2D eigenvalue weighted by Gasteiger charge is 2.21. The average Bonchev–Trinajstić information content (AvgIpc) is 2.36. The van der Waals surface area contributed by atoms with Gasteiger partial charge in [0.25, 0.3) is 11.4 Å². The lowest BCUT2D eigenvalue weighted by molar-refractivity contribution is -0.384. The molecule has 0 saturated carbocycles. The molecule has 7 heteroatoms. The molecular weight excluding hydrogens is 238 g/mol. The standard InChI is InChI=1S/C11H5N3O4/c12-6-7-4-5-9(13(15)16)8-2-1-3-10(11(7)8)14(17)18/h1-5H. The first kappa shape index (κ1) is 11.5.